The van der Waals surface area contributed by atoms with Gasteiger partial charge in [-0.3, -0.25) is 9.35 Å². The molecule has 0 aromatic rings. The summed E-state index contributed by atoms with van der Waals surface area (Å²) < 4.78 is 59.3. The second kappa shape index (κ2) is 49.6. The first-order valence-corrected chi connectivity index (χ1v) is 28.6. The Morgan fingerprint density at radius 3 is 1.27 bits per heavy atom. The van der Waals surface area contributed by atoms with Gasteiger partial charge in [0.1, 0.15) is 30.5 Å². The van der Waals surface area contributed by atoms with Gasteiger partial charge in [-0.05, 0) is 122 Å². The molecule has 4 N–H and O–H groups in total. The van der Waals surface area contributed by atoms with Gasteiger partial charge in [0, 0.05) is 13.0 Å². The van der Waals surface area contributed by atoms with Crippen LogP contribution in [0, 0.1) is 0 Å². The molecule has 1 heterocycles. The third-order valence-electron chi connectivity index (χ3n) is 11.1. The number of rotatable bonds is 45. The average Bonchev–Trinajstić information content (AvgIpc) is 3.38. The van der Waals surface area contributed by atoms with Gasteiger partial charge in [-0.15, -0.1) is 0 Å². The number of hydrogen-bond donors (Lipinski definition) is 4. The van der Waals surface area contributed by atoms with Crippen LogP contribution in [0.3, 0.4) is 0 Å². The van der Waals surface area contributed by atoms with Crippen LogP contribution in [-0.4, -0.2) is 97.5 Å². The molecule has 1 saturated heterocycles. The maximum Gasteiger partial charge on any atom is 0.397 e. The fraction of sp³-hybridized carbons (Fsp3) is 0.557. The molecule has 74 heavy (non-hydrogen) atoms. The second-order valence-electron chi connectivity index (χ2n) is 17.7. The smallest absolute Gasteiger partial charge is 0.397 e. The number of carbonyl (C=O) groups is 1. The Bertz CT molecular complexity index is 1880. The van der Waals surface area contributed by atoms with Gasteiger partial charge in [-0.25, -0.2) is 4.18 Å². The maximum absolute atomic E-state index is 12.9. The third-order valence-corrected chi connectivity index (χ3v) is 11.6. The summed E-state index contributed by atoms with van der Waals surface area (Å²) in [5.74, 6) is -0.451. The van der Waals surface area contributed by atoms with E-state index in [-0.39, 0.29) is 19.6 Å². The fourth-order valence-corrected chi connectivity index (χ4v) is 7.63. The zero-order valence-corrected chi connectivity index (χ0v) is 45.6. The number of carbonyl (C=O) groups excluding carboxylic acids is 1. The van der Waals surface area contributed by atoms with Crippen molar-refractivity contribution in [3.8, 4) is 0 Å². The van der Waals surface area contributed by atoms with Crippen molar-refractivity contribution in [3.63, 3.8) is 0 Å². The summed E-state index contributed by atoms with van der Waals surface area (Å²) in [5.41, 5.74) is 0. The van der Waals surface area contributed by atoms with Gasteiger partial charge < -0.3 is 34.3 Å². The van der Waals surface area contributed by atoms with Crippen molar-refractivity contribution in [3.05, 3.63) is 158 Å². The topological polar surface area (TPSA) is 178 Å². The van der Waals surface area contributed by atoms with E-state index in [1.54, 1.807) is 0 Å². The van der Waals surface area contributed by atoms with Gasteiger partial charge in [0.2, 0.25) is 0 Å². The molecule has 0 aliphatic carbocycles. The number of unbranched alkanes of at least 4 members (excludes halogenated alkanes) is 6. The van der Waals surface area contributed by atoms with Gasteiger partial charge in [0.15, 0.2) is 6.29 Å². The molecule has 1 aliphatic heterocycles. The number of allylic oxidation sites excluding steroid dienone is 26. The Balaban J connectivity index is 2.42. The minimum atomic E-state index is -5.09. The predicted molar refractivity (Wildman–Crippen MR) is 303 cm³/mol. The molecule has 0 aromatic heterocycles. The first-order chi connectivity index (χ1) is 36.1. The van der Waals surface area contributed by atoms with Crippen molar-refractivity contribution in [1.29, 1.82) is 0 Å². The zero-order chi connectivity index (χ0) is 53.8. The Hall–Kier alpha value is -4.28. The molecular weight excluding hydrogens is 957 g/mol. The molecule has 416 valence electrons. The lowest BCUT2D eigenvalue weighted by atomic mass is 9.99. The van der Waals surface area contributed by atoms with Crippen LogP contribution in [0.5, 0.6) is 0 Å². The quantitative estimate of drug-likeness (QED) is 0.0197. The minimum Gasteiger partial charge on any atom is -0.457 e. The Morgan fingerprint density at radius 2 is 0.892 bits per heavy atom. The molecule has 1 rings (SSSR count). The Morgan fingerprint density at radius 1 is 0.514 bits per heavy atom. The Kier molecular flexibility index (Phi) is 45.4. The molecule has 1 fully saturated rings. The van der Waals surface area contributed by atoms with E-state index in [2.05, 4.69) is 176 Å². The van der Waals surface area contributed by atoms with E-state index in [4.69, 9.17) is 18.9 Å². The van der Waals surface area contributed by atoms with Gasteiger partial charge in [-0.1, -0.05) is 185 Å². The summed E-state index contributed by atoms with van der Waals surface area (Å²) in [4.78, 5) is 12.9. The first kappa shape index (κ1) is 67.7. The van der Waals surface area contributed by atoms with Gasteiger partial charge in [0.05, 0.1) is 19.8 Å². The van der Waals surface area contributed by atoms with Crippen LogP contribution in [-0.2, 0) is 38.3 Å². The van der Waals surface area contributed by atoms with Gasteiger partial charge in [0.25, 0.3) is 0 Å². The van der Waals surface area contributed by atoms with Crippen LogP contribution in [0.2, 0.25) is 0 Å². The van der Waals surface area contributed by atoms with Gasteiger partial charge >= 0.3 is 16.4 Å². The van der Waals surface area contributed by atoms with Crippen molar-refractivity contribution in [2.24, 2.45) is 0 Å². The number of esters is 1. The molecule has 0 radical (unpaired) electrons. The summed E-state index contributed by atoms with van der Waals surface area (Å²) in [6, 6.07) is 0. The van der Waals surface area contributed by atoms with Crippen molar-refractivity contribution in [2.75, 3.05) is 26.4 Å². The lowest BCUT2D eigenvalue weighted by Gasteiger charge is -2.41. The predicted octanol–water partition coefficient (Wildman–Crippen LogP) is 13.4. The number of hydrogen-bond acceptors (Lipinski definition) is 11. The van der Waals surface area contributed by atoms with E-state index in [9.17, 15) is 33.1 Å². The molecule has 6 atom stereocenters. The van der Waals surface area contributed by atoms with E-state index < -0.39 is 59.8 Å². The highest BCUT2D eigenvalue weighted by Crippen LogP contribution is 2.26. The summed E-state index contributed by atoms with van der Waals surface area (Å²) in [6.07, 6.45) is 67.0. The van der Waals surface area contributed by atoms with Crippen molar-refractivity contribution in [1.82, 2.24) is 0 Å². The number of ether oxygens (including phenoxy) is 4. The molecule has 0 saturated carbocycles. The van der Waals surface area contributed by atoms with E-state index in [0.717, 1.165) is 128 Å². The normalized spacial score (nSPS) is 20.0. The maximum atomic E-state index is 12.9. The number of aliphatic hydroxyl groups excluding tert-OH is 3. The highest BCUT2D eigenvalue weighted by atomic mass is 32.3. The van der Waals surface area contributed by atoms with E-state index in [0.29, 0.717) is 13.0 Å². The first-order valence-electron chi connectivity index (χ1n) is 27.2. The number of aliphatic hydroxyl groups is 3. The third kappa shape index (κ3) is 42.0. The molecule has 12 nitrogen and oxygen atoms in total. The van der Waals surface area contributed by atoms with Crippen molar-refractivity contribution >= 4 is 16.4 Å². The van der Waals surface area contributed by atoms with Gasteiger partial charge in [-0.2, -0.15) is 8.42 Å². The van der Waals surface area contributed by atoms with E-state index >= 15 is 0 Å². The van der Waals surface area contributed by atoms with Crippen molar-refractivity contribution < 1.29 is 56.2 Å². The zero-order valence-electron chi connectivity index (χ0n) is 44.8. The summed E-state index contributed by atoms with van der Waals surface area (Å²) in [6.45, 7) is 3.61. The molecule has 0 aromatic carbocycles. The van der Waals surface area contributed by atoms with Crippen LogP contribution in [0.1, 0.15) is 155 Å². The molecule has 1 aliphatic rings. The van der Waals surface area contributed by atoms with Crippen LogP contribution in [0.25, 0.3) is 0 Å². The molecule has 0 amide bonds. The van der Waals surface area contributed by atoms with Crippen molar-refractivity contribution in [2.45, 2.75) is 192 Å². The lowest BCUT2D eigenvalue weighted by molar-refractivity contribution is -0.301. The lowest BCUT2D eigenvalue weighted by Crippen LogP contribution is -2.60. The standard InChI is InChI=1S/C61H94O12S/c1-3-5-7-9-11-13-15-17-19-21-23-25-27-28-29-30-32-34-36-38-40-42-44-46-48-50-57(63)71-55(54-70-61-59(65)60(73-74(66,67)68)58(64)56(52-62)72-61)53-69-51-49-47-45-43-41-39-37-35-33-31-26-24-22-20-18-16-14-12-10-8-6-4-2/h5-8,11-14,17-20,23-26,28-29,32-35,38-41,55-56,58-62,64-65H,3-4,9-10,15-16,21-22,27,30-31,36-37,42-54H2,1-2H3,(H,66,67,68)/b7-5-,8-6-,13-11-,14-12-,19-17-,20-18-,25-23-,26-24-,29-28-,34-32-,35-33-,40-38-,41-39-. The van der Waals surface area contributed by atoms with E-state index in [1.165, 1.54) is 0 Å². The summed E-state index contributed by atoms with van der Waals surface area (Å²) in [5, 5.41) is 30.8. The van der Waals surface area contributed by atoms with E-state index in [1.807, 2.05) is 0 Å². The highest BCUT2D eigenvalue weighted by molar-refractivity contribution is 7.80. The monoisotopic (exact) mass is 1050 g/mol. The second-order valence-corrected chi connectivity index (χ2v) is 18.7. The molecule has 0 spiro atoms. The Labute approximate surface area is 447 Å². The highest BCUT2D eigenvalue weighted by Gasteiger charge is 2.48. The largest absolute Gasteiger partial charge is 0.457 e. The van der Waals surface area contributed by atoms with Crippen LogP contribution in [0.4, 0.5) is 0 Å². The molecule has 6 unspecified atom stereocenters. The minimum absolute atomic E-state index is 0.0136. The van der Waals surface area contributed by atoms with Crippen LogP contribution in [0.15, 0.2) is 158 Å². The summed E-state index contributed by atoms with van der Waals surface area (Å²) >= 11 is 0. The molecular formula is C61H94O12S. The van der Waals surface area contributed by atoms with Crippen LogP contribution >= 0.6 is 0 Å². The summed E-state index contributed by atoms with van der Waals surface area (Å²) in [7, 11) is -5.09. The molecule has 0 bridgehead atoms. The average molecular weight is 1050 g/mol. The fourth-order valence-electron chi connectivity index (χ4n) is 7.12. The molecule has 13 heteroatoms. The SMILES string of the molecule is CC/C=C\C/C=C\C/C=C\C/C=C\C/C=C\C/C=C\C/C=C\CCCCCC(=O)OC(COCCCCC/C=C\C/C=C\C/C=C\C/C=C\C/C=C\C/C=C\CC)COC1OC(CO)C(O)C(OS(=O)(=O)O)C1O. The van der Waals surface area contributed by atoms with Crippen LogP contribution < -0.4 is 0 Å².